The van der Waals surface area contributed by atoms with Gasteiger partial charge in [-0.1, -0.05) is 32.6 Å². The van der Waals surface area contributed by atoms with Crippen molar-refractivity contribution in [2.24, 2.45) is 17.3 Å². The Kier molecular flexibility index (Phi) is 4.26. The second-order valence-electron chi connectivity index (χ2n) is 9.60. The molecule has 3 fully saturated rings. The van der Waals surface area contributed by atoms with Gasteiger partial charge in [-0.2, -0.15) is 0 Å². The van der Waals surface area contributed by atoms with Crippen LogP contribution in [0.2, 0.25) is 0 Å². The molecule has 0 bridgehead atoms. The maximum Gasteiger partial charge on any atom is 0.163 e. The Hall–Kier alpha value is -1.36. The first-order chi connectivity index (χ1) is 12.6. The van der Waals surface area contributed by atoms with Crippen molar-refractivity contribution in [3.63, 3.8) is 0 Å². The molecule has 0 spiro atoms. The van der Waals surface area contributed by atoms with Crippen LogP contribution in [0.1, 0.15) is 58.9 Å². The lowest BCUT2D eigenvalue weighted by molar-refractivity contribution is -0.192. The quantitative estimate of drug-likeness (QED) is 0.763. The molecule has 2 saturated carbocycles. The molecule has 2 aliphatic carbocycles. The van der Waals surface area contributed by atoms with Gasteiger partial charge in [0.2, 0.25) is 0 Å². The summed E-state index contributed by atoms with van der Waals surface area (Å²) in [5.41, 5.74) is 1.93. The van der Waals surface area contributed by atoms with Crippen molar-refractivity contribution < 1.29 is 19.0 Å². The molecule has 1 saturated heterocycles. The van der Waals surface area contributed by atoms with E-state index >= 15 is 0 Å². The molecule has 4 nitrogen and oxygen atoms in total. The first-order valence-electron chi connectivity index (χ1n) is 10.0. The molecule has 0 aromatic carbocycles. The van der Waals surface area contributed by atoms with E-state index in [-0.39, 0.29) is 23.5 Å². The summed E-state index contributed by atoms with van der Waals surface area (Å²) in [6, 6.07) is 1.94. The van der Waals surface area contributed by atoms with Crippen LogP contribution in [-0.4, -0.2) is 28.7 Å². The lowest BCUT2D eigenvalue weighted by atomic mass is 9.48. The number of hydrogen-bond donors (Lipinski definition) is 1. The Balaban J connectivity index is 1.68. The molecule has 1 aromatic heterocycles. The van der Waals surface area contributed by atoms with Gasteiger partial charge in [-0.05, 0) is 50.7 Å². The minimum atomic E-state index is -0.890. The van der Waals surface area contributed by atoms with Crippen molar-refractivity contribution in [3.05, 3.63) is 42.9 Å². The average Bonchev–Trinajstić information content (AvgIpc) is 3.18. The van der Waals surface area contributed by atoms with Crippen LogP contribution in [0.4, 0.5) is 0 Å². The highest BCUT2D eigenvalue weighted by molar-refractivity contribution is 5.63. The number of hydrogen-bond acceptors (Lipinski definition) is 4. The van der Waals surface area contributed by atoms with Crippen molar-refractivity contribution in [2.75, 3.05) is 0 Å². The third-order valence-electron chi connectivity index (χ3n) is 7.49. The van der Waals surface area contributed by atoms with Crippen molar-refractivity contribution in [1.82, 2.24) is 0 Å². The number of ether oxygens (including phenoxy) is 2. The highest BCUT2D eigenvalue weighted by atomic mass is 16.8. The Morgan fingerprint density at radius 2 is 1.96 bits per heavy atom. The van der Waals surface area contributed by atoms with Gasteiger partial charge in [0.1, 0.15) is 0 Å². The van der Waals surface area contributed by atoms with Crippen LogP contribution in [0.15, 0.2) is 41.7 Å². The molecular formula is C23H32O4. The first kappa shape index (κ1) is 19.0. The molecule has 3 aliphatic rings. The summed E-state index contributed by atoms with van der Waals surface area (Å²) < 4.78 is 17.5. The van der Waals surface area contributed by atoms with Crippen molar-refractivity contribution in [2.45, 2.75) is 77.0 Å². The summed E-state index contributed by atoms with van der Waals surface area (Å²) in [5, 5.41) is 12.2. The zero-order valence-corrected chi connectivity index (χ0v) is 17.0. The minimum Gasteiger partial charge on any atom is -0.472 e. The second-order valence-corrected chi connectivity index (χ2v) is 9.60. The average molecular weight is 373 g/mol. The van der Waals surface area contributed by atoms with Crippen LogP contribution in [0.25, 0.3) is 5.57 Å². The van der Waals surface area contributed by atoms with E-state index in [1.165, 1.54) is 0 Å². The maximum atomic E-state index is 12.2. The SMILES string of the molecule is C=C(C[C@@]1(C)[C@H](C)CC(=C)[C@H]2C[C@@H]3OC(C)(C)O[C@@H]3C[C@@]21O)c1ccoc1. The largest absolute Gasteiger partial charge is 0.472 e. The lowest BCUT2D eigenvalue weighted by Gasteiger charge is -2.60. The molecule has 4 heteroatoms. The Morgan fingerprint density at radius 3 is 2.63 bits per heavy atom. The van der Waals surface area contributed by atoms with Gasteiger partial charge >= 0.3 is 0 Å². The van der Waals surface area contributed by atoms with Gasteiger partial charge in [0.25, 0.3) is 0 Å². The van der Waals surface area contributed by atoms with E-state index in [2.05, 4.69) is 27.0 Å². The Morgan fingerprint density at radius 1 is 1.26 bits per heavy atom. The van der Waals surface area contributed by atoms with E-state index < -0.39 is 11.4 Å². The van der Waals surface area contributed by atoms with Gasteiger partial charge in [-0.15, -0.1) is 0 Å². The number of fused-ring (bicyclic) bond motifs is 2. The summed E-state index contributed by atoms with van der Waals surface area (Å²) >= 11 is 0. The fourth-order valence-corrected chi connectivity index (χ4v) is 5.82. The van der Waals surface area contributed by atoms with Crippen molar-refractivity contribution in [3.8, 4) is 0 Å². The lowest BCUT2D eigenvalue weighted by Crippen LogP contribution is -2.63. The smallest absolute Gasteiger partial charge is 0.163 e. The van der Waals surface area contributed by atoms with Crippen LogP contribution in [0, 0.1) is 17.3 Å². The Bertz CT molecular complexity index is 748. The number of aliphatic hydroxyl groups is 1. The monoisotopic (exact) mass is 372 g/mol. The van der Waals surface area contributed by atoms with Gasteiger partial charge < -0.3 is 19.0 Å². The summed E-state index contributed by atoms with van der Waals surface area (Å²) in [5.74, 6) is -0.278. The molecule has 4 rings (SSSR count). The molecule has 27 heavy (non-hydrogen) atoms. The van der Waals surface area contributed by atoms with Gasteiger partial charge in [-0.25, -0.2) is 0 Å². The molecule has 1 aliphatic heterocycles. The molecule has 1 N–H and O–H groups in total. The van der Waals surface area contributed by atoms with E-state index in [0.29, 0.717) is 12.3 Å². The van der Waals surface area contributed by atoms with E-state index in [1.807, 2.05) is 19.9 Å². The highest BCUT2D eigenvalue weighted by Gasteiger charge is 2.64. The summed E-state index contributed by atoms with van der Waals surface area (Å²) in [7, 11) is 0. The third-order valence-corrected chi connectivity index (χ3v) is 7.49. The van der Waals surface area contributed by atoms with Crippen LogP contribution in [0.3, 0.4) is 0 Å². The van der Waals surface area contributed by atoms with Crippen LogP contribution >= 0.6 is 0 Å². The van der Waals surface area contributed by atoms with Gasteiger partial charge in [0, 0.05) is 23.3 Å². The molecule has 6 atom stereocenters. The number of furan rings is 1. The number of allylic oxidation sites excluding steroid dienone is 1. The van der Waals surface area contributed by atoms with Gasteiger partial charge in [0.15, 0.2) is 5.79 Å². The standard InChI is InChI=1S/C23H32O4/c1-14-9-16(3)22(6,11-15(2)17-7-8-25-13-17)23(24)12-20-19(10-18(14)23)26-21(4,5)27-20/h7-8,13,16,18-20,24H,1-2,9-12H2,3-6H3/t16-,18-,19+,20-,22+,23-/m1/s1. The van der Waals surface area contributed by atoms with Gasteiger partial charge in [0.05, 0.1) is 30.3 Å². The normalized spacial score (nSPS) is 43.2. The van der Waals surface area contributed by atoms with Crippen LogP contribution < -0.4 is 0 Å². The number of rotatable bonds is 3. The molecule has 0 unspecified atom stereocenters. The summed E-state index contributed by atoms with van der Waals surface area (Å²) in [4.78, 5) is 0. The summed E-state index contributed by atoms with van der Waals surface area (Å²) in [6.07, 6.45) is 6.32. The minimum absolute atomic E-state index is 0.0228. The van der Waals surface area contributed by atoms with E-state index in [0.717, 1.165) is 36.0 Å². The van der Waals surface area contributed by atoms with Crippen molar-refractivity contribution >= 4 is 5.57 Å². The first-order valence-corrected chi connectivity index (χ1v) is 10.0. The van der Waals surface area contributed by atoms with Gasteiger partial charge in [-0.3, -0.25) is 0 Å². The molecule has 0 radical (unpaired) electrons. The fourth-order valence-electron chi connectivity index (χ4n) is 5.82. The predicted molar refractivity (Wildman–Crippen MR) is 105 cm³/mol. The second kappa shape index (κ2) is 6.07. The fraction of sp³-hybridized carbons (Fsp3) is 0.652. The molecule has 148 valence electrons. The zero-order valence-electron chi connectivity index (χ0n) is 17.0. The summed E-state index contributed by atoms with van der Waals surface area (Å²) in [6.45, 7) is 17.0. The topological polar surface area (TPSA) is 51.8 Å². The Labute approximate surface area is 162 Å². The molecule has 2 heterocycles. The third kappa shape index (κ3) is 2.84. The maximum absolute atomic E-state index is 12.2. The van der Waals surface area contributed by atoms with Crippen LogP contribution in [-0.2, 0) is 9.47 Å². The van der Waals surface area contributed by atoms with Crippen molar-refractivity contribution in [1.29, 1.82) is 0 Å². The zero-order chi connectivity index (χ0) is 19.6. The molecular weight excluding hydrogens is 340 g/mol. The molecule has 0 amide bonds. The van der Waals surface area contributed by atoms with E-state index in [1.54, 1.807) is 12.5 Å². The predicted octanol–water partition coefficient (Wildman–Crippen LogP) is 4.95. The van der Waals surface area contributed by atoms with Crippen LogP contribution in [0.5, 0.6) is 0 Å². The highest BCUT2D eigenvalue weighted by Crippen LogP contribution is 2.62. The van der Waals surface area contributed by atoms with E-state index in [9.17, 15) is 5.11 Å². The van der Waals surface area contributed by atoms with E-state index in [4.69, 9.17) is 13.9 Å². The molecule has 1 aromatic rings.